The standard InChI is InChI=1S/C20H32Si/c1-7-21(8-2,9-3)19(16-13-17-20(4,5)6)18-14-11-10-12-15-18/h10-15H,7-9,17H2,1-6H3. The van der Waals surface area contributed by atoms with Crippen LogP contribution < -0.4 is 0 Å². The third kappa shape index (κ3) is 5.02. The topological polar surface area (TPSA) is 0 Å². The third-order valence-corrected chi connectivity index (χ3v) is 10.1. The first kappa shape index (κ1) is 18.0. The van der Waals surface area contributed by atoms with Crippen LogP contribution in [0.15, 0.2) is 42.1 Å². The van der Waals surface area contributed by atoms with Gasteiger partial charge < -0.3 is 0 Å². The summed E-state index contributed by atoms with van der Waals surface area (Å²) < 4.78 is 0. The van der Waals surface area contributed by atoms with Crippen molar-refractivity contribution in [2.24, 2.45) is 5.41 Å². The lowest BCUT2D eigenvalue weighted by Crippen LogP contribution is -2.33. The van der Waals surface area contributed by atoms with Crippen molar-refractivity contribution in [2.75, 3.05) is 0 Å². The normalized spacial score (nSPS) is 11.9. The SMILES string of the molecule is CC[Si](CC)(CC)C(=C=CCC(C)(C)C)c1ccccc1. The zero-order chi connectivity index (χ0) is 15.9. The average Bonchev–Trinajstić information content (AvgIpc) is 2.47. The van der Waals surface area contributed by atoms with E-state index < -0.39 is 8.07 Å². The van der Waals surface area contributed by atoms with Crippen LogP contribution in [0.3, 0.4) is 0 Å². The van der Waals surface area contributed by atoms with Crippen LogP contribution in [0.1, 0.15) is 53.5 Å². The Bertz CT molecular complexity index is 472. The fourth-order valence-electron chi connectivity index (χ4n) is 2.89. The molecule has 0 aromatic heterocycles. The molecule has 21 heavy (non-hydrogen) atoms. The molecule has 0 radical (unpaired) electrons. The van der Waals surface area contributed by atoms with Crippen LogP contribution in [0.4, 0.5) is 0 Å². The molecule has 1 heteroatoms. The first-order chi connectivity index (χ1) is 9.88. The Labute approximate surface area is 133 Å². The molecule has 0 amide bonds. The van der Waals surface area contributed by atoms with Gasteiger partial charge in [0.25, 0.3) is 0 Å². The lowest BCUT2D eigenvalue weighted by molar-refractivity contribution is 0.421. The van der Waals surface area contributed by atoms with Gasteiger partial charge in [0.15, 0.2) is 0 Å². The summed E-state index contributed by atoms with van der Waals surface area (Å²) in [5.74, 6) is 0. The highest BCUT2D eigenvalue weighted by molar-refractivity contribution is 6.96. The summed E-state index contributed by atoms with van der Waals surface area (Å²) in [4.78, 5) is 0. The molecule has 0 bridgehead atoms. The van der Waals surface area contributed by atoms with Crippen LogP contribution in [0.25, 0.3) is 5.20 Å². The third-order valence-electron chi connectivity index (χ3n) is 4.58. The summed E-state index contributed by atoms with van der Waals surface area (Å²) in [5.41, 5.74) is 5.47. The van der Waals surface area contributed by atoms with Gasteiger partial charge in [0, 0.05) is 0 Å². The van der Waals surface area contributed by atoms with Gasteiger partial charge in [-0.1, -0.05) is 90.0 Å². The van der Waals surface area contributed by atoms with Gasteiger partial charge in [0.2, 0.25) is 0 Å². The van der Waals surface area contributed by atoms with Crippen molar-refractivity contribution < 1.29 is 0 Å². The zero-order valence-electron chi connectivity index (χ0n) is 14.8. The average molecular weight is 301 g/mol. The van der Waals surface area contributed by atoms with Crippen molar-refractivity contribution >= 4 is 13.3 Å². The van der Waals surface area contributed by atoms with Crippen molar-refractivity contribution in [3.63, 3.8) is 0 Å². The second kappa shape index (κ2) is 7.82. The Balaban J connectivity index is 3.34. The molecule has 0 aliphatic carbocycles. The zero-order valence-corrected chi connectivity index (χ0v) is 15.8. The highest BCUT2D eigenvalue weighted by atomic mass is 28.3. The molecular weight excluding hydrogens is 268 g/mol. The van der Waals surface area contributed by atoms with E-state index in [2.05, 4.69) is 83.7 Å². The van der Waals surface area contributed by atoms with Crippen molar-refractivity contribution in [3.8, 4) is 0 Å². The molecule has 1 aromatic carbocycles. The molecule has 0 fully saturated rings. The van der Waals surface area contributed by atoms with Gasteiger partial charge in [-0.05, 0) is 28.7 Å². The van der Waals surface area contributed by atoms with Gasteiger partial charge >= 0.3 is 0 Å². The van der Waals surface area contributed by atoms with E-state index >= 15 is 0 Å². The lowest BCUT2D eigenvalue weighted by Gasteiger charge is -2.30. The van der Waals surface area contributed by atoms with Crippen LogP contribution in [0, 0.1) is 5.41 Å². The Hall–Kier alpha value is -1.04. The van der Waals surface area contributed by atoms with Gasteiger partial charge in [0.1, 0.15) is 0 Å². The van der Waals surface area contributed by atoms with E-state index in [-0.39, 0.29) is 0 Å². The van der Waals surface area contributed by atoms with E-state index in [9.17, 15) is 0 Å². The van der Waals surface area contributed by atoms with Gasteiger partial charge in [-0.25, -0.2) is 0 Å². The van der Waals surface area contributed by atoms with Crippen LogP contribution in [-0.2, 0) is 0 Å². The van der Waals surface area contributed by atoms with E-state index in [4.69, 9.17) is 0 Å². The molecule has 1 rings (SSSR count). The number of hydrogen-bond acceptors (Lipinski definition) is 0. The van der Waals surface area contributed by atoms with E-state index in [0.717, 1.165) is 6.42 Å². The van der Waals surface area contributed by atoms with Crippen molar-refractivity contribution in [1.29, 1.82) is 0 Å². The van der Waals surface area contributed by atoms with E-state index in [1.54, 1.807) is 0 Å². The Morgan fingerprint density at radius 1 is 1.00 bits per heavy atom. The smallest absolute Gasteiger partial charge is 0.0966 e. The monoisotopic (exact) mass is 300 g/mol. The minimum Gasteiger partial charge on any atom is -0.126 e. The molecule has 0 nitrogen and oxygen atoms in total. The summed E-state index contributed by atoms with van der Waals surface area (Å²) in [6.45, 7) is 14.0. The summed E-state index contributed by atoms with van der Waals surface area (Å²) in [6, 6.07) is 14.8. The lowest BCUT2D eigenvalue weighted by atomic mass is 9.92. The van der Waals surface area contributed by atoms with Crippen LogP contribution >= 0.6 is 0 Å². The molecule has 0 N–H and O–H groups in total. The van der Waals surface area contributed by atoms with Crippen molar-refractivity contribution in [2.45, 2.75) is 66.1 Å². The molecule has 0 aliphatic heterocycles. The molecular formula is C20H32Si. The maximum absolute atomic E-state index is 3.74. The number of allylic oxidation sites excluding steroid dienone is 1. The fraction of sp³-hybridized carbons (Fsp3) is 0.550. The quantitative estimate of drug-likeness (QED) is 0.404. The van der Waals surface area contributed by atoms with Crippen LogP contribution in [0.2, 0.25) is 18.1 Å². The summed E-state index contributed by atoms with van der Waals surface area (Å²) in [7, 11) is -1.41. The van der Waals surface area contributed by atoms with Crippen molar-refractivity contribution in [1.82, 2.24) is 0 Å². The number of hydrogen-bond donors (Lipinski definition) is 0. The second-order valence-electron chi connectivity index (χ2n) is 7.20. The van der Waals surface area contributed by atoms with Gasteiger partial charge in [-0.2, -0.15) is 0 Å². The van der Waals surface area contributed by atoms with E-state index in [1.807, 2.05) is 0 Å². The predicted octanol–water partition coefficient (Wildman–Crippen LogP) is 6.71. The molecule has 0 saturated carbocycles. The Morgan fingerprint density at radius 3 is 1.95 bits per heavy atom. The maximum atomic E-state index is 3.74. The van der Waals surface area contributed by atoms with Gasteiger partial charge in [0.05, 0.1) is 8.07 Å². The summed E-state index contributed by atoms with van der Waals surface area (Å²) in [6.07, 6.45) is 3.37. The molecule has 0 heterocycles. The number of benzene rings is 1. The molecule has 0 spiro atoms. The first-order valence-electron chi connectivity index (χ1n) is 8.39. The first-order valence-corrected chi connectivity index (χ1v) is 11.0. The highest BCUT2D eigenvalue weighted by Gasteiger charge is 2.32. The summed E-state index contributed by atoms with van der Waals surface area (Å²) in [5, 5.41) is 1.53. The molecule has 0 saturated heterocycles. The second-order valence-corrected chi connectivity index (χ2v) is 12.4. The minimum atomic E-state index is -1.41. The molecule has 1 aromatic rings. The van der Waals surface area contributed by atoms with E-state index in [1.165, 1.54) is 28.9 Å². The van der Waals surface area contributed by atoms with Crippen molar-refractivity contribution in [3.05, 3.63) is 47.7 Å². The van der Waals surface area contributed by atoms with Gasteiger partial charge in [-0.3, -0.25) is 0 Å². The summed E-state index contributed by atoms with van der Waals surface area (Å²) >= 11 is 0. The van der Waals surface area contributed by atoms with Crippen LogP contribution in [0.5, 0.6) is 0 Å². The Kier molecular flexibility index (Phi) is 6.71. The number of rotatable bonds is 6. The van der Waals surface area contributed by atoms with Gasteiger partial charge in [-0.15, -0.1) is 5.73 Å². The maximum Gasteiger partial charge on any atom is 0.0966 e. The minimum absolute atomic E-state index is 0.337. The molecule has 0 aliphatic rings. The van der Waals surface area contributed by atoms with Crippen LogP contribution in [-0.4, -0.2) is 8.07 Å². The predicted molar refractivity (Wildman–Crippen MR) is 99.2 cm³/mol. The fourth-order valence-corrected chi connectivity index (χ4v) is 6.63. The molecule has 0 unspecified atom stereocenters. The molecule has 116 valence electrons. The largest absolute Gasteiger partial charge is 0.126 e. The van der Waals surface area contributed by atoms with E-state index in [0.29, 0.717) is 5.41 Å². The molecule has 0 atom stereocenters. The Morgan fingerprint density at radius 2 is 1.52 bits per heavy atom. The highest BCUT2D eigenvalue weighted by Crippen LogP contribution is 2.34.